The molecule has 0 aliphatic carbocycles. The molecule has 19 heavy (non-hydrogen) atoms. The van der Waals surface area contributed by atoms with E-state index in [-0.39, 0.29) is 23.5 Å². The average Bonchev–Trinajstić information content (AvgIpc) is 2.37. The summed E-state index contributed by atoms with van der Waals surface area (Å²) in [4.78, 5) is 14.6. The van der Waals surface area contributed by atoms with Crippen molar-refractivity contribution in [2.45, 2.75) is 58.6 Å². The maximum absolute atomic E-state index is 12.6. The highest BCUT2D eigenvalue weighted by Crippen LogP contribution is 2.32. The monoisotopic (exact) mass is 268 g/mol. The van der Waals surface area contributed by atoms with Gasteiger partial charge in [-0.25, -0.2) is 0 Å². The van der Waals surface area contributed by atoms with Gasteiger partial charge in [0, 0.05) is 13.1 Å². The fraction of sp³-hybridized carbons (Fsp3) is 0.933. The summed E-state index contributed by atoms with van der Waals surface area (Å²) in [6, 6.07) is -0.0376. The SMILES string of the molecule is CC(O)C1CCN(C(=O)C2NCCCC2(C)C)CC1. The highest BCUT2D eigenvalue weighted by atomic mass is 16.3. The highest BCUT2D eigenvalue weighted by Gasteiger charge is 2.40. The number of aliphatic hydroxyl groups is 1. The first kappa shape index (κ1) is 14.8. The first-order chi connectivity index (χ1) is 8.92. The van der Waals surface area contributed by atoms with Gasteiger partial charge >= 0.3 is 0 Å². The second-order valence-corrected chi connectivity index (χ2v) is 6.88. The van der Waals surface area contributed by atoms with E-state index in [1.54, 1.807) is 0 Å². The third kappa shape index (κ3) is 3.29. The fourth-order valence-corrected chi connectivity index (χ4v) is 3.42. The molecule has 2 fully saturated rings. The van der Waals surface area contributed by atoms with Crippen LogP contribution in [0.1, 0.15) is 46.5 Å². The molecule has 0 bridgehead atoms. The van der Waals surface area contributed by atoms with E-state index >= 15 is 0 Å². The minimum atomic E-state index is -0.249. The number of nitrogens with one attached hydrogen (secondary N) is 1. The Morgan fingerprint density at radius 1 is 1.37 bits per heavy atom. The van der Waals surface area contributed by atoms with E-state index in [0.29, 0.717) is 5.92 Å². The Morgan fingerprint density at radius 2 is 2.00 bits per heavy atom. The Hall–Kier alpha value is -0.610. The van der Waals surface area contributed by atoms with E-state index < -0.39 is 0 Å². The number of aliphatic hydroxyl groups excluding tert-OH is 1. The first-order valence-corrected chi connectivity index (χ1v) is 7.62. The molecule has 4 nitrogen and oxygen atoms in total. The molecule has 2 heterocycles. The van der Waals surface area contributed by atoms with Gasteiger partial charge in [-0.05, 0) is 50.5 Å². The fourth-order valence-electron chi connectivity index (χ4n) is 3.42. The Balaban J connectivity index is 1.93. The van der Waals surface area contributed by atoms with E-state index in [2.05, 4.69) is 19.2 Å². The van der Waals surface area contributed by atoms with Gasteiger partial charge in [-0.15, -0.1) is 0 Å². The van der Waals surface area contributed by atoms with Crippen molar-refractivity contribution in [3.8, 4) is 0 Å². The molecule has 0 spiro atoms. The smallest absolute Gasteiger partial charge is 0.240 e. The standard InChI is InChI=1S/C15H28N2O2/c1-11(18)12-5-9-17(10-6-12)14(19)13-15(2,3)7-4-8-16-13/h11-13,16,18H,4-10H2,1-3H3. The average molecular weight is 268 g/mol. The van der Waals surface area contributed by atoms with Gasteiger partial charge in [0.25, 0.3) is 0 Å². The summed E-state index contributed by atoms with van der Waals surface area (Å²) in [5.74, 6) is 0.616. The highest BCUT2D eigenvalue weighted by molar-refractivity contribution is 5.83. The van der Waals surface area contributed by atoms with Gasteiger partial charge in [-0.2, -0.15) is 0 Å². The number of amides is 1. The first-order valence-electron chi connectivity index (χ1n) is 7.62. The van der Waals surface area contributed by atoms with Gasteiger partial charge in [0.05, 0.1) is 12.1 Å². The van der Waals surface area contributed by atoms with Crippen LogP contribution in [-0.2, 0) is 4.79 Å². The summed E-state index contributed by atoms with van der Waals surface area (Å²) in [6.07, 6.45) is 3.87. The van der Waals surface area contributed by atoms with Crippen LogP contribution in [0.3, 0.4) is 0 Å². The van der Waals surface area contributed by atoms with Crippen molar-refractivity contribution in [3.05, 3.63) is 0 Å². The van der Waals surface area contributed by atoms with Gasteiger partial charge < -0.3 is 15.3 Å². The summed E-state index contributed by atoms with van der Waals surface area (Å²) >= 11 is 0. The second kappa shape index (κ2) is 5.80. The third-order valence-electron chi connectivity index (χ3n) is 4.91. The zero-order valence-corrected chi connectivity index (χ0v) is 12.5. The van der Waals surface area contributed by atoms with E-state index in [9.17, 15) is 9.90 Å². The van der Waals surface area contributed by atoms with Crippen LogP contribution >= 0.6 is 0 Å². The molecule has 0 radical (unpaired) electrons. The maximum Gasteiger partial charge on any atom is 0.240 e. The summed E-state index contributed by atoms with van der Waals surface area (Å²) < 4.78 is 0. The summed E-state index contributed by atoms with van der Waals surface area (Å²) in [5.41, 5.74) is 0.0520. The lowest BCUT2D eigenvalue weighted by Crippen LogP contribution is -2.57. The Labute approximate surface area is 116 Å². The molecule has 0 aromatic rings. The molecule has 2 aliphatic heterocycles. The van der Waals surface area contributed by atoms with Crippen molar-refractivity contribution >= 4 is 5.91 Å². The molecule has 2 unspecified atom stereocenters. The van der Waals surface area contributed by atoms with Crippen LogP contribution in [0.2, 0.25) is 0 Å². The van der Waals surface area contributed by atoms with Gasteiger partial charge in [0.1, 0.15) is 0 Å². The number of piperidine rings is 2. The van der Waals surface area contributed by atoms with Crippen molar-refractivity contribution in [2.24, 2.45) is 11.3 Å². The van der Waals surface area contributed by atoms with Gasteiger partial charge in [-0.1, -0.05) is 13.8 Å². The van der Waals surface area contributed by atoms with E-state index in [1.165, 1.54) is 0 Å². The maximum atomic E-state index is 12.6. The number of rotatable bonds is 2. The van der Waals surface area contributed by atoms with E-state index in [4.69, 9.17) is 0 Å². The number of hydrogen-bond donors (Lipinski definition) is 2. The zero-order chi connectivity index (χ0) is 14.0. The molecular weight excluding hydrogens is 240 g/mol. The van der Waals surface area contributed by atoms with Gasteiger partial charge in [0.15, 0.2) is 0 Å². The van der Waals surface area contributed by atoms with Crippen molar-refractivity contribution in [1.82, 2.24) is 10.2 Å². The van der Waals surface area contributed by atoms with Crippen molar-refractivity contribution < 1.29 is 9.90 Å². The predicted octanol–water partition coefficient (Wildman–Crippen LogP) is 1.38. The third-order valence-corrected chi connectivity index (χ3v) is 4.91. The quantitative estimate of drug-likeness (QED) is 0.795. The summed E-state index contributed by atoms with van der Waals surface area (Å²) in [6.45, 7) is 8.76. The molecule has 0 saturated carbocycles. The molecule has 0 aromatic carbocycles. The van der Waals surface area contributed by atoms with Crippen LogP contribution in [0, 0.1) is 11.3 Å². The molecule has 2 aliphatic rings. The summed E-state index contributed by atoms with van der Waals surface area (Å²) in [5, 5.41) is 13.0. The number of nitrogens with zero attached hydrogens (tertiary/aromatic N) is 1. The van der Waals surface area contributed by atoms with Gasteiger partial charge in [-0.3, -0.25) is 4.79 Å². The summed E-state index contributed by atoms with van der Waals surface area (Å²) in [7, 11) is 0. The van der Waals surface area contributed by atoms with Crippen LogP contribution in [-0.4, -0.2) is 47.7 Å². The van der Waals surface area contributed by atoms with Crippen LogP contribution in [0.15, 0.2) is 0 Å². The van der Waals surface area contributed by atoms with Crippen molar-refractivity contribution in [1.29, 1.82) is 0 Å². The zero-order valence-electron chi connectivity index (χ0n) is 12.5. The van der Waals surface area contributed by atoms with Crippen LogP contribution in [0.4, 0.5) is 0 Å². The van der Waals surface area contributed by atoms with Gasteiger partial charge in [0.2, 0.25) is 5.91 Å². The normalized spacial score (nSPS) is 30.1. The molecule has 0 aromatic heterocycles. The van der Waals surface area contributed by atoms with E-state index in [0.717, 1.165) is 45.3 Å². The Morgan fingerprint density at radius 3 is 2.53 bits per heavy atom. The van der Waals surface area contributed by atoms with Crippen molar-refractivity contribution in [3.63, 3.8) is 0 Å². The van der Waals surface area contributed by atoms with Crippen LogP contribution < -0.4 is 5.32 Å². The Bertz CT molecular complexity index is 320. The molecule has 1 amide bonds. The molecule has 110 valence electrons. The lowest BCUT2D eigenvalue weighted by atomic mass is 9.76. The molecule has 2 saturated heterocycles. The number of likely N-dealkylation sites (tertiary alicyclic amines) is 1. The number of carbonyl (C=O) groups is 1. The predicted molar refractivity (Wildman–Crippen MR) is 75.8 cm³/mol. The minimum Gasteiger partial charge on any atom is -0.393 e. The number of carbonyl (C=O) groups excluding carboxylic acids is 1. The molecule has 2 rings (SSSR count). The number of hydrogen-bond acceptors (Lipinski definition) is 3. The van der Waals surface area contributed by atoms with E-state index in [1.807, 2.05) is 11.8 Å². The Kier molecular flexibility index (Phi) is 4.51. The molecular formula is C15H28N2O2. The lowest BCUT2D eigenvalue weighted by molar-refractivity contribution is -0.139. The topological polar surface area (TPSA) is 52.6 Å². The van der Waals surface area contributed by atoms with Crippen molar-refractivity contribution in [2.75, 3.05) is 19.6 Å². The molecule has 2 atom stereocenters. The largest absolute Gasteiger partial charge is 0.393 e. The van der Waals surface area contributed by atoms with Crippen LogP contribution in [0.5, 0.6) is 0 Å². The van der Waals surface area contributed by atoms with Crippen LogP contribution in [0.25, 0.3) is 0 Å². The minimum absolute atomic E-state index is 0.0376. The molecule has 4 heteroatoms. The second-order valence-electron chi connectivity index (χ2n) is 6.88. The lowest BCUT2D eigenvalue weighted by Gasteiger charge is -2.42. The molecule has 2 N–H and O–H groups in total.